The van der Waals surface area contributed by atoms with E-state index in [1.54, 1.807) is 7.11 Å². The predicted molar refractivity (Wildman–Crippen MR) is 74.9 cm³/mol. The molecule has 18 heavy (non-hydrogen) atoms. The number of hydrogen-bond acceptors (Lipinski definition) is 3. The van der Waals surface area contributed by atoms with Gasteiger partial charge in [0.05, 0.1) is 18.8 Å². The number of aryl methyl sites for hydroxylation is 1. The van der Waals surface area contributed by atoms with Gasteiger partial charge in [0.1, 0.15) is 0 Å². The first-order valence-electron chi connectivity index (χ1n) is 6.59. The summed E-state index contributed by atoms with van der Waals surface area (Å²) < 4.78 is 11.1. The normalized spacial score (nSPS) is 14.4. The summed E-state index contributed by atoms with van der Waals surface area (Å²) in [5.74, 6) is 0. The maximum absolute atomic E-state index is 6.03. The van der Waals surface area contributed by atoms with E-state index in [4.69, 9.17) is 9.47 Å². The zero-order valence-corrected chi connectivity index (χ0v) is 11.9. The van der Waals surface area contributed by atoms with Crippen LogP contribution in [-0.4, -0.2) is 32.9 Å². The first kappa shape index (κ1) is 15.2. The lowest BCUT2D eigenvalue weighted by Crippen LogP contribution is -2.27. The predicted octanol–water partition coefficient (Wildman–Crippen LogP) is 2.70. The summed E-state index contributed by atoms with van der Waals surface area (Å²) in [5, 5.41) is 3.34. The van der Waals surface area contributed by atoms with Crippen LogP contribution in [0.1, 0.15) is 31.1 Å². The number of benzene rings is 1. The minimum atomic E-state index is 0.0794. The lowest BCUT2D eigenvalue weighted by molar-refractivity contribution is -0.0391. The van der Waals surface area contributed by atoms with Gasteiger partial charge in [0, 0.05) is 13.7 Å². The van der Waals surface area contributed by atoms with Crippen LogP contribution in [0.5, 0.6) is 0 Å². The third kappa shape index (κ3) is 5.17. The average molecular weight is 251 g/mol. The molecular weight excluding hydrogens is 226 g/mol. The van der Waals surface area contributed by atoms with E-state index in [9.17, 15) is 0 Å². The molecule has 0 heterocycles. The molecule has 0 fully saturated rings. The Labute approximate surface area is 110 Å². The fourth-order valence-electron chi connectivity index (χ4n) is 1.86. The zero-order valence-electron chi connectivity index (χ0n) is 11.9. The molecule has 3 heteroatoms. The van der Waals surface area contributed by atoms with Crippen LogP contribution in [0.25, 0.3) is 0 Å². The lowest BCUT2D eigenvalue weighted by atomic mass is 10.1. The van der Waals surface area contributed by atoms with Crippen LogP contribution in [0.2, 0.25) is 0 Å². The smallest absolute Gasteiger partial charge is 0.0954 e. The highest BCUT2D eigenvalue weighted by Gasteiger charge is 2.15. The van der Waals surface area contributed by atoms with E-state index in [-0.39, 0.29) is 12.2 Å². The van der Waals surface area contributed by atoms with Crippen molar-refractivity contribution in [3.63, 3.8) is 0 Å². The van der Waals surface area contributed by atoms with Gasteiger partial charge in [0.15, 0.2) is 0 Å². The Hall–Kier alpha value is -0.900. The van der Waals surface area contributed by atoms with Crippen LogP contribution in [0, 0.1) is 6.92 Å². The second kappa shape index (κ2) is 8.25. The van der Waals surface area contributed by atoms with Crippen LogP contribution in [0.3, 0.4) is 0 Å². The van der Waals surface area contributed by atoms with Gasteiger partial charge in [-0.1, -0.05) is 36.8 Å². The SMILES string of the molecule is CCNCC(OC(C)COC)c1ccc(C)cc1. The number of ether oxygens (including phenoxy) is 2. The van der Waals surface area contributed by atoms with Gasteiger partial charge in [-0.15, -0.1) is 0 Å². The van der Waals surface area contributed by atoms with Crippen LogP contribution >= 0.6 is 0 Å². The quantitative estimate of drug-likeness (QED) is 0.770. The van der Waals surface area contributed by atoms with Gasteiger partial charge in [0.2, 0.25) is 0 Å². The van der Waals surface area contributed by atoms with E-state index in [1.807, 2.05) is 6.92 Å². The molecule has 1 aromatic rings. The van der Waals surface area contributed by atoms with Gasteiger partial charge < -0.3 is 14.8 Å². The van der Waals surface area contributed by atoms with Crippen molar-refractivity contribution in [2.75, 3.05) is 26.8 Å². The molecule has 1 aromatic carbocycles. The number of methoxy groups -OCH3 is 1. The molecule has 0 saturated carbocycles. The summed E-state index contributed by atoms with van der Waals surface area (Å²) in [6.07, 6.45) is 0.177. The molecule has 0 aromatic heterocycles. The Morgan fingerprint density at radius 1 is 1.22 bits per heavy atom. The molecule has 0 radical (unpaired) electrons. The molecule has 1 rings (SSSR count). The molecule has 0 bridgehead atoms. The second-order valence-corrected chi connectivity index (χ2v) is 4.61. The van der Waals surface area contributed by atoms with E-state index in [0.717, 1.165) is 13.1 Å². The highest BCUT2D eigenvalue weighted by molar-refractivity contribution is 5.23. The Morgan fingerprint density at radius 2 is 1.89 bits per heavy atom. The van der Waals surface area contributed by atoms with Gasteiger partial charge >= 0.3 is 0 Å². The molecule has 0 amide bonds. The number of hydrogen-bond donors (Lipinski definition) is 1. The highest BCUT2D eigenvalue weighted by Crippen LogP contribution is 2.19. The van der Waals surface area contributed by atoms with Crippen LogP contribution in [0.15, 0.2) is 24.3 Å². The Kier molecular flexibility index (Phi) is 6.94. The Balaban J connectivity index is 2.67. The molecule has 0 saturated heterocycles. The molecule has 0 aliphatic heterocycles. The van der Waals surface area contributed by atoms with E-state index in [0.29, 0.717) is 6.61 Å². The summed E-state index contributed by atoms with van der Waals surface area (Å²) in [4.78, 5) is 0. The van der Waals surface area contributed by atoms with E-state index in [1.165, 1.54) is 11.1 Å². The average Bonchev–Trinajstić information content (AvgIpc) is 2.36. The summed E-state index contributed by atoms with van der Waals surface area (Å²) in [6.45, 7) is 8.63. The fourth-order valence-corrected chi connectivity index (χ4v) is 1.86. The molecular formula is C15H25NO2. The molecule has 0 aliphatic carbocycles. The summed E-state index contributed by atoms with van der Waals surface area (Å²) in [5.41, 5.74) is 2.48. The topological polar surface area (TPSA) is 30.5 Å². The van der Waals surface area contributed by atoms with Crippen molar-refractivity contribution in [2.24, 2.45) is 0 Å². The summed E-state index contributed by atoms with van der Waals surface area (Å²) >= 11 is 0. The van der Waals surface area contributed by atoms with Gasteiger partial charge in [-0.2, -0.15) is 0 Å². The molecule has 102 valence electrons. The molecule has 3 nitrogen and oxygen atoms in total. The van der Waals surface area contributed by atoms with E-state index < -0.39 is 0 Å². The maximum atomic E-state index is 6.03. The third-order valence-electron chi connectivity index (χ3n) is 2.83. The molecule has 0 spiro atoms. The Bertz CT molecular complexity index is 324. The zero-order chi connectivity index (χ0) is 13.4. The fraction of sp³-hybridized carbons (Fsp3) is 0.600. The van der Waals surface area contributed by atoms with Crippen molar-refractivity contribution in [1.29, 1.82) is 0 Å². The van der Waals surface area contributed by atoms with Crippen molar-refractivity contribution < 1.29 is 9.47 Å². The van der Waals surface area contributed by atoms with Gasteiger partial charge in [-0.25, -0.2) is 0 Å². The maximum Gasteiger partial charge on any atom is 0.0954 e. The van der Waals surface area contributed by atoms with Crippen LogP contribution < -0.4 is 5.32 Å². The lowest BCUT2D eigenvalue weighted by Gasteiger charge is -2.23. The number of rotatable bonds is 8. The highest BCUT2D eigenvalue weighted by atomic mass is 16.5. The van der Waals surface area contributed by atoms with E-state index >= 15 is 0 Å². The number of nitrogens with one attached hydrogen (secondary N) is 1. The summed E-state index contributed by atoms with van der Waals surface area (Å²) in [7, 11) is 1.70. The minimum absolute atomic E-state index is 0.0794. The minimum Gasteiger partial charge on any atom is -0.382 e. The molecule has 1 N–H and O–H groups in total. The summed E-state index contributed by atoms with van der Waals surface area (Å²) in [6, 6.07) is 8.52. The van der Waals surface area contributed by atoms with Crippen LogP contribution in [-0.2, 0) is 9.47 Å². The monoisotopic (exact) mass is 251 g/mol. The van der Waals surface area contributed by atoms with Crippen molar-refractivity contribution >= 4 is 0 Å². The Morgan fingerprint density at radius 3 is 2.44 bits per heavy atom. The molecule has 0 aliphatic rings. The van der Waals surface area contributed by atoms with Crippen molar-refractivity contribution in [3.05, 3.63) is 35.4 Å². The standard InChI is InChI=1S/C15H25NO2/c1-5-16-10-15(18-13(3)11-17-4)14-8-6-12(2)7-9-14/h6-9,13,15-16H,5,10-11H2,1-4H3. The molecule has 2 atom stereocenters. The second-order valence-electron chi connectivity index (χ2n) is 4.61. The van der Waals surface area contributed by atoms with Crippen LogP contribution in [0.4, 0.5) is 0 Å². The first-order chi connectivity index (χ1) is 8.67. The third-order valence-corrected chi connectivity index (χ3v) is 2.83. The van der Waals surface area contributed by atoms with Gasteiger partial charge in [-0.05, 0) is 26.0 Å². The largest absolute Gasteiger partial charge is 0.382 e. The van der Waals surface area contributed by atoms with Crippen molar-refractivity contribution in [2.45, 2.75) is 33.0 Å². The van der Waals surface area contributed by atoms with Crippen molar-refractivity contribution in [3.8, 4) is 0 Å². The van der Waals surface area contributed by atoms with Gasteiger partial charge in [-0.3, -0.25) is 0 Å². The first-order valence-corrected chi connectivity index (χ1v) is 6.59. The molecule has 2 unspecified atom stereocenters. The van der Waals surface area contributed by atoms with Crippen molar-refractivity contribution in [1.82, 2.24) is 5.32 Å². The number of likely N-dealkylation sites (N-methyl/N-ethyl adjacent to an activating group) is 1. The van der Waals surface area contributed by atoms with E-state index in [2.05, 4.69) is 43.4 Å². The van der Waals surface area contributed by atoms with Gasteiger partial charge in [0.25, 0.3) is 0 Å².